The average molecular weight is 364 g/mol. The molecule has 0 aliphatic carbocycles. The van der Waals surface area contributed by atoms with Gasteiger partial charge in [-0.05, 0) is 38.5 Å². The van der Waals surface area contributed by atoms with Gasteiger partial charge in [0.2, 0.25) is 0 Å². The van der Waals surface area contributed by atoms with E-state index < -0.39 is 0 Å². The van der Waals surface area contributed by atoms with Crippen molar-refractivity contribution in [1.82, 2.24) is 0 Å². The van der Waals surface area contributed by atoms with Gasteiger partial charge in [-0.2, -0.15) is 0 Å². The Kier molecular flexibility index (Phi) is 21.5. The number of quaternary nitrogens is 1. The summed E-state index contributed by atoms with van der Waals surface area (Å²) in [5.41, 5.74) is 0. The predicted molar refractivity (Wildman–Crippen MR) is 104 cm³/mol. The van der Waals surface area contributed by atoms with Crippen molar-refractivity contribution in [1.29, 1.82) is 0 Å². The van der Waals surface area contributed by atoms with Gasteiger partial charge in [0.25, 0.3) is 0 Å². The van der Waals surface area contributed by atoms with Gasteiger partial charge in [0.05, 0.1) is 26.7 Å². The maximum absolute atomic E-state index is 9.05. The lowest BCUT2D eigenvalue weighted by Crippen LogP contribution is -3.00. The summed E-state index contributed by atoms with van der Waals surface area (Å²) in [7, 11) is 2.45. The van der Waals surface area contributed by atoms with Crippen molar-refractivity contribution in [2.75, 3.05) is 33.3 Å². The molecule has 148 valence electrons. The second kappa shape index (κ2) is 19.5. The fourth-order valence-corrected chi connectivity index (χ4v) is 3.49. The zero-order chi connectivity index (χ0) is 17.2. The third-order valence-corrected chi connectivity index (χ3v) is 5.21. The number of hydrogen-bond acceptors (Lipinski definition) is 1. The van der Waals surface area contributed by atoms with E-state index in [2.05, 4.69) is 20.9 Å². The van der Waals surface area contributed by atoms with E-state index in [-0.39, 0.29) is 12.4 Å². The molecule has 24 heavy (non-hydrogen) atoms. The maximum atomic E-state index is 9.05. The van der Waals surface area contributed by atoms with Gasteiger partial charge in [0.15, 0.2) is 0 Å². The molecular formula is C21H46ClNO. The number of aliphatic hydroxyl groups excluding tert-OH is 1. The van der Waals surface area contributed by atoms with Crippen molar-refractivity contribution in [3.63, 3.8) is 0 Å². The smallest absolute Gasteiger partial charge is 0.0785 e. The molecule has 0 aromatic carbocycles. The molecule has 0 saturated carbocycles. The molecule has 0 heterocycles. The van der Waals surface area contributed by atoms with Crippen molar-refractivity contribution in [3.8, 4) is 0 Å². The zero-order valence-corrected chi connectivity index (χ0v) is 17.8. The molecule has 0 aliphatic heterocycles. The fraction of sp³-hybridized carbons (Fsp3) is 1.00. The lowest BCUT2D eigenvalue weighted by molar-refractivity contribution is -0.910. The first-order valence-corrected chi connectivity index (χ1v) is 10.6. The molecule has 0 atom stereocenters. The van der Waals surface area contributed by atoms with E-state index in [1.807, 2.05) is 0 Å². The monoisotopic (exact) mass is 363 g/mol. The van der Waals surface area contributed by atoms with Crippen molar-refractivity contribution >= 4 is 0 Å². The average Bonchev–Trinajstić information content (AvgIpc) is 2.54. The van der Waals surface area contributed by atoms with Crippen molar-refractivity contribution < 1.29 is 22.0 Å². The molecule has 0 amide bonds. The molecular weight excluding hydrogens is 318 g/mol. The van der Waals surface area contributed by atoms with Gasteiger partial charge in [-0.3, -0.25) is 0 Å². The van der Waals surface area contributed by atoms with Crippen molar-refractivity contribution in [3.05, 3.63) is 0 Å². The molecule has 0 radical (unpaired) electrons. The summed E-state index contributed by atoms with van der Waals surface area (Å²) in [6.45, 7) is 8.86. The van der Waals surface area contributed by atoms with Crippen LogP contribution in [0, 0.1) is 0 Å². The van der Waals surface area contributed by atoms with Crippen LogP contribution < -0.4 is 12.4 Å². The highest BCUT2D eigenvalue weighted by Gasteiger charge is 2.19. The van der Waals surface area contributed by atoms with Crippen LogP contribution in [0.4, 0.5) is 0 Å². The van der Waals surface area contributed by atoms with Crippen LogP contribution in [0.2, 0.25) is 0 Å². The van der Waals surface area contributed by atoms with Crippen LogP contribution in [0.25, 0.3) is 0 Å². The number of nitrogens with zero attached hydrogens (tertiary/aromatic N) is 1. The van der Waals surface area contributed by atoms with E-state index in [9.17, 15) is 0 Å². The standard InChI is InChI=1S/C21H46NO.ClH/c1-4-6-8-10-12-14-18-22(3,20-16-17-21-23)19-15-13-11-9-7-5-2;/h23H,4-21H2,1-3H3;1H/q+1;/p-1. The summed E-state index contributed by atoms with van der Waals surface area (Å²) in [5, 5.41) is 9.05. The number of halogens is 1. The molecule has 2 nitrogen and oxygen atoms in total. The van der Waals surface area contributed by atoms with Gasteiger partial charge in [-0.15, -0.1) is 0 Å². The topological polar surface area (TPSA) is 20.2 Å². The van der Waals surface area contributed by atoms with Crippen LogP contribution in [-0.2, 0) is 0 Å². The number of aliphatic hydroxyl groups is 1. The SMILES string of the molecule is CCCCCCCC[N+](C)(CCCCO)CCCCCCCC.[Cl-]. The normalized spacial score (nSPS) is 11.5. The Balaban J connectivity index is 0. The van der Waals surface area contributed by atoms with E-state index in [4.69, 9.17) is 5.11 Å². The van der Waals surface area contributed by atoms with E-state index in [0.717, 1.165) is 6.42 Å². The maximum Gasteiger partial charge on any atom is 0.0785 e. The van der Waals surface area contributed by atoms with E-state index in [0.29, 0.717) is 6.61 Å². The molecule has 0 bridgehead atoms. The van der Waals surface area contributed by atoms with Crippen molar-refractivity contribution in [2.24, 2.45) is 0 Å². The van der Waals surface area contributed by atoms with Crippen LogP contribution in [-0.4, -0.2) is 42.9 Å². The molecule has 0 saturated heterocycles. The Morgan fingerprint density at radius 2 is 0.875 bits per heavy atom. The van der Waals surface area contributed by atoms with E-state index >= 15 is 0 Å². The Labute approximate surface area is 159 Å². The van der Waals surface area contributed by atoms with Crippen LogP contribution in [0.3, 0.4) is 0 Å². The highest BCUT2D eigenvalue weighted by molar-refractivity contribution is 4.50. The number of hydrogen-bond donors (Lipinski definition) is 1. The lowest BCUT2D eigenvalue weighted by Gasteiger charge is -2.35. The van der Waals surface area contributed by atoms with Gasteiger partial charge < -0.3 is 22.0 Å². The molecule has 0 unspecified atom stereocenters. The molecule has 0 spiro atoms. The molecule has 0 aromatic rings. The summed E-state index contributed by atoms with van der Waals surface area (Å²) in [6.07, 6.45) is 18.9. The summed E-state index contributed by atoms with van der Waals surface area (Å²) in [6, 6.07) is 0. The second-order valence-corrected chi connectivity index (χ2v) is 7.76. The van der Waals surface area contributed by atoms with Gasteiger partial charge >= 0.3 is 0 Å². The summed E-state index contributed by atoms with van der Waals surface area (Å²) in [4.78, 5) is 0. The quantitative estimate of drug-likeness (QED) is 0.293. The van der Waals surface area contributed by atoms with Crippen LogP contribution in [0.5, 0.6) is 0 Å². The zero-order valence-electron chi connectivity index (χ0n) is 17.0. The Morgan fingerprint density at radius 1 is 0.542 bits per heavy atom. The fourth-order valence-electron chi connectivity index (χ4n) is 3.49. The molecule has 0 fully saturated rings. The third-order valence-electron chi connectivity index (χ3n) is 5.21. The minimum Gasteiger partial charge on any atom is -1.00 e. The summed E-state index contributed by atoms with van der Waals surface area (Å²) in [5.74, 6) is 0. The summed E-state index contributed by atoms with van der Waals surface area (Å²) >= 11 is 0. The van der Waals surface area contributed by atoms with E-state index in [1.165, 1.54) is 108 Å². The molecule has 0 rings (SSSR count). The Hall–Kier alpha value is 0.210. The van der Waals surface area contributed by atoms with Gasteiger partial charge in [-0.1, -0.05) is 65.2 Å². The molecule has 3 heteroatoms. The van der Waals surface area contributed by atoms with Gasteiger partial charge in [0.1, 0.15) is 0 Å². The molecule has 0 aromatic heterocycles. The molecule has 1 N–H and O–H groups in total. The van der Waals surface area contributed by atoms with Crippen molar-refractivity contribution in [2.45, 2.75) is 104 Å². The van der Waals surface area contributed by atoms with Gasteiger partial charge in [0, 0.05) is 6.61 Å². The van der Waals surface area contributed by atoms with Crippen LogP contribution in [0.15, 0.2) is 0 Å². The Morgan fingerprint density at radius 3 is 1.25 bits per heavy atom. The predicted octanol–water partition coefficient (Wildman–Crippen LogP) is 2.93. The lowest BCUT2D eigenvalue weighted by atomic mass is 10.1. The minimum absolute atomic E-state index is 0. The van der Waals surface area contributed by atoms with Crippen LogP contribution >= 0.6 is 0 Å². The largest absolute Gasteiger partial charge is 1.00 e. The third kappa shape index (κ3) is 17.0. The number of unbranched alkanes of at least 4 members (excludes halogenated alkanes) is 11. The highest BCUT2D eigenvalue weighted by Crippen LogP contribution is 2.15. The first kappa shape index (κ1) is 26.4. The van der Waals surface area contributed by atoms with Gasteiger partial charge in [-0.25, -0.2) is 0 Å². The molecule has 0 aliphatic rings. The first-order chi connectivity index (χ1) is 11.2. The Bertz CT molecular complexity index is 220. The van der Waals surface area contributed by atoms with Crippen LogP contribution in [0.1, 0.15) is 104 Å². The summed E-state index contributed by atoms with van der Waals surface area (Å²) < 4.78 is 1.24. The minimum atomic E-state index is 0. The number of rotatable bonds is 18. The highest BCUT2D eigenvalue weighted by atomic mass is 35.5. The first-order valence-electron chi connectivity index (χ1n) is 10.6. The second-order valence-electron chi connectivity index (χ2n) is 7.76. The van der Waals surface area contributed by atoms with E-state index in [1.54, 1.807) is 0 Å².